The molecule has 1 amide bonds. The second kappa shape index (κ2) is 4.42. The molecule has 0 bridgehead atoms. The zero-order chi connectivity index (χ0) is 8.97. The third kappa shape index (κ3) is 2.46. The first-order valence-corrected chi connectivity index (χ1v) is 4.34. The molecular formula is C8H16N2O2. The predicted molar refractivity (Wildman–Crippen MR) is 45.7 cm³/mol. The molecule has 4 heteroatoms. The third-order valence-electron chi connectivity index (χ3n) is 2.10. The lowest BCUT2D eigenvalue weighted by Gasteiger charge is -2.14. The first-order chi connectivity index (χ1) is 5.74. The predicted octanol–water partition coefficient (Wildman–Crippen LogP) is -0.811. The summed E-state index contributed by atoms with van der Waals surface area (Å²) in [6, 6.07) is 0. The first kappa shape index (κ1) is 9.48. The minimum atomic E-state index is -0.302. The summed E-state index contributed by atoms with van der Waals surface area (Å²) in [4.78, 5) is 13.0. The number of nitrogens with one attached hydrogen (secondary N) is 1. The smallest absolute Gasteiger partial charge is 0.223 e. The molecule has 0 aromatic carbocycles. The van der Waals surface area contributed by atoms with Crippen LogP contribution in [0.25, 0.3) is 0 Å². The van der Waals surface area contributed by atoms with E-state index in [1.165, 1.54) is 0 Å². The summed E-state index contributed by atoms with van der Waals surface area (Å²) in [5.41, 5.74) is 0. The van der Waals surface area contributed by atoms with Gasteiger partial charge in [-0.05, 0) is 13.5 Å². The van der Waals surface area contributed by atoms with Crippen molar-refractivity contribution in [3.63, 3.8) is 0 Å². The van der Waals surface area contributed by atoms with Crippen LogP contribution in [0.15, 0.2) is 0 Å². The number of aliphatic hydroxyl groups excluding tert-OH is 1. The monoisotopic (exact) mass is 172 g/mol. The van der Waals surface area contributed by atoms with Crippen molar-refractivity contribution in [3.05, 3.63) is 0 Å². The number of carbonyl (C=O) groups is 1. The topological polar surface area (TPSA) is 52.6 Å². The summed E-state index contributed by atoms with van der Waals surface area (Å²) < 4.78 is 0. The zero-order valence-electron chi connectivity index (χ0n) is 7.42. The standard InChI is InChI=1S/C8H16N2O2/c1-9-4-2-8(12)10-5-3-7(11)6-10/h7,9,11H,2-6H2,1H3/t7-/m0/s1. The van der Waals surface area contributed by atoms with Crippen molar-refractivity contribution in [1.82, 2.24) is 10.2 Å². The fourth-order valence-corrected chi connectivity index (χ4v) is 1.36. The number of rotatable bonds is 3. The van der Waals surface area contributed by atoms with E-state index < -0.39 is 0 Å². The summed E-state index contributed by atoms with van der Waals surface area (Å²) in [6.45, 7) is 1.94. The van der Waals surface area contributed by atoms with Gasteiger partial charge in [-0.1, -0.05) is 0 Å². The molecule has 1 rings (SSSR count). The largest absolute Gasteiger partial charge is 0.391 e. The van der Waals surface area contributed by atoms with E-state index in [1.54, 1.807) is 4.90 Å². The molecule has 12 heavy (non-hydrogen) atoms. The molecule has 0 radical (unpaired) electrons. The van der Waals surface area contributed by atoms with Crippen molar-refractivity contribution in [1.29, 1.82) is 0 Å². The molecule has 70 valence electrons. The maximum atomic E-state index is 11.3. The highest BCUT2D eigenvalue weighted by Crippen LogP contribution is 2.09. The molecule has 1 fully saturated rings. The van der Waals surface area contributed by atoms with E-state index in [0.717, 1.165) is 6.42 Å². The average Bonchev–Trinajstić information content (AvgIpc) is 2.47. The quantitative estimate of drug-likeness (QED) is 0.585. The van der Waals surface area contributed by atoms with Crippen molar-refractivity contribution in [3.8, 4) is 0 Å². The van der Waals surface area contributed by atoms with Gasteiger partial charge in [-0.2, -0.15) is 0 Å². The maximum absolute atomic E-state index is 11.3. The van der Waals surface area contributed by atoms with Crippen LogP contribution in [0.1, 0.15) is 12.8 Å². The van der Waals surface area contributed by atoms with Crippen molar-refractivity contribution in [2.45, 2.75) is 18.9 Å². The number of amides is 1. The van der Waals surface area contributed by atoms with E-state index in [4.69, 9.17) is 5.11 Å². The highest BCUT2D eigenvalue weighted by Gasteiger charge is 2.23. The Hall–Kier alpha value is -0.610. The van der Waals surface area contributed by atoms with Gasteiger partial charge in [0.05, 0.1) is 6.10 Å². The van der Waals surface area contributed by atoms with Gasteiger partial charge in [0, 0.05) is 26.1 Å². The Balaban J connectivity index is 2.23. The minimum Gasteiger partial charge on any atom is -0.391 e. The normalized spacial score (nSPS) is 23.2. The van der Waals surface area contributed by atoms with E-state index in [9.17, 15) is 4.79 Å². The van der Waals surface area contributed by atoms with Crippen molar-refractivity contribution < 1.29 is 9.90 Å². The van der Waals surface area contributed by atoms with E-state index in [1.807, 2.05) is 7.05 Å². The molecule has 1 heterocycles. The summed E-state index contributed by atoms with van der Waals surface area (Å²) in [7, 11) is 1.83. The van der Waals surface area contributed by atoms with E-state index in [0.29, 0.717) is 26.1 Å². The van der Waals surface area contributed by atoms with Crippen LogP contribution in [0, 0.1) is 0 Å². The molecule has 1 aliphatic rings. The van der Waals surface area contributed by atoms with Gasteiger partial charge in [-0.15, -0.1) is 0 Å². The van der Waals surface area contributed by atoms with Gasteiger partial charge in [0.1, 0.15) is 0 Å². The molecule has 0 saturated carbocycles. The van der Waals surface area contributed by atoms with Gasteiger partial charge >= 0.3 is 0 Å². The summed E-state index contributed by atoms with van der Waals surface area (Å²) in [6.07, 6.45) is 0.956. The Morgan fingerprint density at radius 2 is 2.50 bits per heavy atom. The van der Waals surface area contributed by atoms with Crippen LogP contribution in [0.2, 0.25) is 0 Å². The second-order valence-corrected chi connectivity index (χ2v) is 3.14. The minimum absolute atomic E-state index is 0.140. The lowest BCUT2D eigenvalue weighted by atomic mass is 10.3. The number of likely N-dealkylation sites (tertiary alicyclic amines) is 1. The molecule has 0 aliphatic carbocycles. The van der Waals surface area contributed by atoms with Gasteiger partial charge in [-0.25, -0.2) is 0 Å². The molecule has 1 saturated heterocycles. The highest BCUT2D eigenvalue weighted by atomic mass is 16.3. The van der Waals surface area contributed by atoms with Crippen LogP contribution in [0.5, 0.6) is 0 Å². The van der Waals surface area contributed by atoms with Crippen LogP contribution in [0.4, 0.5) is 0 Å². The van der Waals surface area contributed by atoms with Crippen molar-refractivity contribution >= 4 is 5.91 Å². The van der Waals surface area contributed by atoms with Gasteiger partial charge in [-0.3, -0.25) is 4.79 Å². The summed E-state index contributed by atoms with van der Waals surface area (Å²) in [5.74, 6) is 0.140. The van der Waals surface area contributed by atoms with Crippen LogP contribution in [0.3, 0.4) is 0 Å². The Morgan fingerprint density at radius 3 is 3.00 bits per heavy atom. The highest BCUT2D eigenvalue weighted by molar-refractivity contribution is 5.76. The van der Waals surface area contributed by atoms with Crippen LogP contribution < -0.4 is 5.32 Å². The number of carbonyl (C=O) groups excluding carboxylic acids is 1. The molecule has 1 aliphatic heterocycles. The molecule has 0 aromatic rings. The third-order valence-corrected chi connectivity index (χ3v) is 2.10. The van der Waals surface area contributed by atoms with Gasteiger partial charge in [0.2, 0.25) is 5.91 Å². The van der Waals surface area contributed by atoms with E-state index in [-0.39, 0.29) is 12.0 Å². The fourth-order valence-electron chi connectivity index (χ4n) is 1.36. The molecule has 0 spiro atoms. The lowest BCUT2D eigenvalue weighted by molar-refractivity contribution is -0.130. The zero-order valence-corrected chi connectivity index (χ0v) is 7.42. The number of hydrogen-bond acceptors (Lipinski definition) is 3. The molecular weight excluding hydrogens is 156 g/mol. The summed E-state index contributed by atoms with van der Waals surface area (Å²) in [5, 5.41) is 12.1. The molecule has 0 unspecified atom stereocenters. The molecule has 2 N–H and O–H groups in total. The Morgan fingerprint density at radius 1 is 1.75 bits per heavy atom. The number of aliphatic hydroxyl groups is 1. The second-order valence-electron chi connectivity index (χ2n) is 3.14. The number of nitrogens with zero attached hydrogens (tertiary/aromatic N) is 1. The average molecular weight is 172 g/mol. The van der Waals surface area contributed by atoms with Gasteiger partial charge < -0.3 is 15.3 Å². The van der Waals surface area contributed by atoms with Crippen molar-refractivity contribution in [2.75, 3.05) is 26.7 Å². The van der Waals surface area contributed by atoms with Crippen LogP contribution in [-0.4, -0.2) is 48.7 Å². The first-order valence-electron chi connectivity index (χ1n) is 4.34. The number of β-amino-alcohol motifs (C(OH)–C–C–N with tert-alkyl or cyclic N) is 1. The van der Waals surface area contributed by atoms with Gasteiger partial charge in [0.15, 0.2) is 0 Å². The van der Waals surface area contributed by atoms with E-state index >= 15 is 0 Å². The molecule has 1 atom stereocenters. The Labute approximate surface area is 72.6 Å². The summed E-state index contributed by atoms with van der Waals surface area (Å²) >= 11 is 0. The van der Waals surface area contributed by atoms with Crippen molar-refractivity contribution in [2.24, 2.45) is 0 Å². The van der Waals surface area contributed by atoms with Crippen LogP contribution in [-0.2, 0) is 4.79 Å². The lowest BCUT2D eigenvalue weighted by Crippen LogP contribution is -2.31. The van der Waals surface area contributed by atoms with E-state index in [2.05, 4.69) is 5.32 Å². The number of hydrogen-bond donors (Lipinski definition) is 2. The maximum Gasteiger partial charge on any atom is 0.223 e. The van der Waals surface area contributed by atoms with Crippen LogP contribution >= 0.6 is 0 Å². The fraction of sp³-hybridized carbons (Fsp3) is 0.875. The Bertz CT molecular complexity index is 161. The SMILES string of the molecule is CNCCC(=O)N1CC[C@H](O)C1. The molecule has 4 nitrogen and oxygen atoms in total. The van der Waals surface area contributed by atoms with Gasteiger partial charge in [0.25, 0.3) is 0 Å². The molecule has 0 aromatic heterocycles. The Kier molecular flexibility index (Phi) is 3.49.